The molecule has 0 amide bonds. The number of guanidine groups is 1. The van der Waals surface area contributed by atoms with E-state index in [0.29, 0.717) is 32.2 Å². The van der Waals surface area contributed by atoms with Crippen molar-refractivity contribution in [2.75, 3.05) is 39.5 Å². The highest BCUT2D eigenvalue weighted by atomic mass is 16.5. The first kappa shape index (κ1) is 18.3. The molecule has 0 bridgehead atoms. The van der Waals surface area contributed by atoms with Crippen LogP contribution in [-0.2, 0) is 4.74 Å². The highest BCUT2D eigenvalue weighted by Crippen LogP contribution is 2.07. The molecule has 0 spiro atoms. The van der Waals surface area contributed by atoms with Gasteiger partial charge in [0.1, 0.15) is 12.4 Å². The molecule has 5 heteroatoms. The van der Waals surface area contributed by atoms with Gasteiger partial charge in [-0.1, -0.05) is 32.0 Å². The number of nitrogens with one attached hydrogen (secondary N) is 2. The van der Waals surface area contributed by atoms with Crippen LogP contribution in [0.25, 0.3) is 0 Å². The van der Waals surface area contributed by atoms with Gasteiger partial charge in [0.05, 0.1) is 19.7 Å². The molecule has 0 unspecified atom stereocenters. The Morgan fingerprint density at radius 2 is 1.91 bits per heavy atom. The summed E-state index contributed by atoms with van der Waals surface area (Å²) in [5.74, 6) is 2.24. The van der Waals surface area contributed by atoms with Crippen molar-refractivity contribution in [2.45, 2.75) is 20.8 Å². The maximum atomic E-state index is 5.63. The molecule has 0 aromatic heterocycles. The van der Waals surface area contributed by atoms with Crippen LogP contribution >= 0.6 is 0 Å². The number of para-hydroxylation sites is 1. The number of rotatable bonds is 10. The Morgan fingerprint density at radius 3 is 2.59 bits per heavy atom. The molecule has 124 valence electrons. The second kappa shape index (κ2) is 11.9. The Labute approximate surface area is 134 Å². The van der Waals surface area contributed by atoms with E-state index < -0.39 is 0 Å². The summed E-state index contributed by atoms with van der Waals surface area (Å²) >= 11 is 0. The highest BCUT2D eigenvalue weighted by molar-refractivity contribution is 5.79. The summed E-state index contributed by atoms with van der Waals surface area (Å²) in [6.45, 7) is 10.5. The Balaban J connectivity index is 2.19. The van der Waals surface area contributed by atoms with Crippen LogP contribution in [0.5, 0.6) is 5.75 Å². The third kappa shape index (κ3) is 9.23. The zero-order valence-corrected chi connectivity index (χ0v) is 14.0. The van der Waals surface area contributed by atoms with Crippen molar-refractivity contribution in [3.05, 3.63) is 30.3 Å². The summed E-state index contributed by atoms with van der Waals surface area (Å²) in [5.41, 5.74) is 0. The Hall–Kier alpha value is -1.75. The predicted octanol–water partition coefficient (Wildman–Crippen LogP) is 2.29. The zero-order chi connectivity index (χ0) is 16.0. The first-order valence-electron chi connectivity index (χ1n) is 8.00. The van der Waals surface area contributed by atoms with E-state index in [4.69, 9.17) is 9.47 Å². The Morgan fingerprint density at radius 1 is 1.14 bits per heavy atom. The number of hydrogen-bond donors (Lipinski definition) is 2. The smallest absolute Gasteiger partial charge is 0.191 e. The lowest BCUT2D eigenvalue weighted by Crippen LogP contribution is -2.39. The molecule has 0 heterocycles. The number of nitrogens with zero attached hydrogens (tertiary/aromatic N) is 1. The van der Waals surface area contributed by atoms with Gasteiger partial charge in [-0.3, -0.25) is 4.99 Å². The molecule has 5 nitrogen and oxygen atoms in total. The minimum Gasteiger partial charge on any atom is -0.492 e. The van der Waals surface area contributed by atoms with Crippen LogP contribution in [0.4, 0.5) is 0 Å². The number of aliphatic imine (C=N–C) groups is 1. The monoisotopic (exact) mass is 307 g/mol. The van der Waals surface area contributed by atoms with Gasteiger partial charge < -0.3 is 20.1 Å². The summed E-state index contributed by atoms with van der Waals surface area (Å²) in [5, 5.41) is 6.46. The van der Waals surface area contributed by atoms with Crippen LogP contribution < -0.4 is 15.4 Å². The number of ether oxygens (including phenoxy) is 2. The minimum absolute atomic E-state index is 0.561. The van der Waals surface area contributed by atoms with Gasteiger partial charge in [0.15, 0.2) is 5.96 Å². The van der Waals surface area contributed by atoms with Crippen molar-refractivity contribution in [2.24, 2.45) is 10.9 Å². The maximum Gasteiger partial charge on any atom is 0.191 e. The third-order valence-electron chi connectivity index (χ3n) is 2.71. The largest absolute Gasteiger partial charge is 0.492 e. The predicted molar refractivity (Wildman–Crippen MR) is 91.6 cm³/mol. The Kier molecular flexibility index (Phi) is 9.87. The summed E-state index contributed by atoms with van der Waals surface area (Å²) < 4.78 is 11.2. The molecule has 0 atom stereocenters. The molecule has 0 saturated heterocycles. The normalized spacial score (nSPS) is 11.5. The fourth-order valence-electron chi connectivity index (χ4n) is 1.74. The second-order valence-electron chi connectivity index (χ2n) is 5.32. The zero-order valence-electron chi connectivity index (χ0n) is 14.0. The first-order chi connectivity index (χ1) is 10.7. The van der Waals surface area contributed by atoms with Crippen molar-refractivity contribution >= 4 is 5.96 Å². The van der Waals surface area contributed by atoms with Crippen molar-refractivity contribution in [3.63, 3.8) is 0 Å². The topological polar surface area (TPSA) is 54.9 Å². The minimum atomic E-state index is 0.561. The molecule has 2 N–H and O–H groups in total. The van der Waals surface area contributed by atoms with E-state index in [0.717, 1.165) is 24.9 Å². The maximum absolute atomic E-state index is 5.63. The van der Waals surface area contributed by atoms with Gasteiger partial charge in [0, 0.05) is 13.2 Å². The van der Waals surface area contributed by atoms with E-state index in [-0.39, 0.29) is 0 Å². The lowest BCUT2D eigenvalue weighted by Gasteiger charge is -2.12. The molecule has 22 heavy (non-hydrogen) atoms. The van der Waals surface area contributed by atoms with Crippen LogP contribution in [0, 0.1) is 5.92 Å². The van der Waals surface area contributed by atoms with Crippen molar-refractivity contribution in [1.82, 2.24) is 10.6 Å². The first-order valence-corrected chi connectivity index (χ1v) is 8.00. The van der Waals surface area contributed by atoms with E-state index in [9.17, 15) is 0 Å². The van der Waals surface area contributed by atoms with Gasteiger partial charge in [0.2, 0.25) is 0 Å². The molecule has 0 aliphatic carbocycles. The molecular formula is C17H29N3O2. The van der Waals surface area contributed by atoms with E-state index >= 15 is 0 Å². The van der Waals surface area contributed by atoms with E-state index in [2.05, 4.69) is 29.5 Å². The van der Waals surface area contributed by atoms with Gasteiger partial charge in [-0.25, -0.2) is 0 Å². The summed E-state index contributed by atoms with van der Waals surface area (Å²) in [4.78, 5) is 4.47. The highest BCUT2D eigenvalue weighted by Gasteiger charge is 1.98. The van der Waals surface area contributed by atoms with Crippen LogP contribution in [0.15, 0.2) is 35.3 Å². The van der Waals surface area contributed by atoms with E-state index in [1.165, 1.54) is 0 Å². The van der Waals surface area contributed by atoms with Crippen molar-refractivity contribution in [3.8, 4) is 5.75 Å². The second-order valence-corrected chi connectivity index (χ2v) is 5.32. The third-order valence-corrected chi connectivity index (χ3v) is 2.71. The molecule has 0 aliphatic heterocycles. The summed E-state index contributed by atoms with van der Waals surface area (Å²) in [6, 6.07) is 9.80. The van der Waals surface area contributed by atoms with Gasteiger partial charge in [0.25, 0.3) is 0 Å². The lowest BCUT2D eigenvalue weighted by atomic mass is 10.2. The van der Waals surface area contributed by atoms with Crippen LogP contribution in [0.3, 0.4) is 0 Å². The number of benzene rings is 1. The van der Waals surface area contributed by atoms with E-state index in [1.807, 2.05) is 37.3 Å². The fourth-order valence-corrected chi connectivity index (χ4v) is 1.74. The van der Waals surface area contributed by atoms with Gasteiger partial charge in [-0.15, -0.1) is 0 Å². The number of hydrogen-bond acceptors (Lipinski definition) is 3. The summed E-state index contributed by atoms with van der Waals surface area (Å²) in [7, 11) is 0. The molecule has 1 aromatic carbocycles. The average molecular weight is 307 g/mol. The Bertz CT molecular complexity index is 408. The van der Waals surface area contributed by atoms with Gasteiger partial charge in [-0.2, -0.15) is 0 Å². The van der Waals surface area contributed by atoms with Gasteiger partial charge >= 0.3 is 0 Å². The molecule has 0 saturated carbocycles. The van der Waals surface area contributed by atoms with Gasteiger partial charge in [-0.05, 0) is 25.0 Å². The molecular weight excluding hydrogens is 278 g/mol. The van der Waals surface area contributed by atoms with Crippen molar-refractivity contribution in [1.29, 1.82) is 0 Å². The summed E-state index contributed by atoms with van der Waals surface area (Å²) in [6.07, 6.45) is 0. The van der Waals surface area contributed by atoms with Crippen molar-refractivity contribution < 1.29 is 9.47 Å². The fraction of sp³-hybridized carbons (Fsp3) is 0.588. The lowest BCUT2D eigenvalue weighted by molar-refractivity contribution is 0.117. The molecule has 0 radical (unpaired) electrons. The van der Waals surface area contributed by atoms with Crippen LogP contribution in [0.1, 0.15) is 20.8 Å². The average Bonchev–Trinajstić information content (AvgIpc) is 2.51. The molecule has 1 aromatic rings. The van der Waals surface area contributed by atoms with E-state index in [1.54, 1.807) is 0 Å². The van der Waals surface area contributed by atoms with Crippen LogP contribution in [-0.4, -0.2) is 45.4 Å². The molecule has 1 rings (SSSR count). The SMILES string of the molecule is CCNC(=NCCOCC(C)C)NCCOc1ccccc1. The quantitative estimate of drug-likeness (QED) is 0.396. The van der Waals surface area contributed by atoms with Crippen LogP contribution in [0.2, 0.25) is 0 Å². The molecule has 0 fully saturated rings. The standard InChI is InChI=1S/C17H29N3O2/c1-4-18-17(19-10-12-21-14-15(2)3)20-11-13-22-16-8-6-5-7-9-16/h5-9,15H,4,10-14H2,1-3H3,(H2,18,19,20). The molecule has 0 aliphatic rings.